The number of ether oxygens (including phenoxy) is 1. The Morgan fingerprint density at radius 3 is 2.48 bits per heavy atom. The molecule has 0 aliphatic carbocycles. The summed E-state index contributed by atoms with van der Waals surface area (Å²) >= 11 is 0. The minimum Gasteiger partial charge on any atom is -0.379 e. The van der Waals surface area contributed by atoms with Crippen molar-refractivity contribution < 1.29 is 9.53 Å². The first kappa shape index (κ1) is 20.1. The van der Waals surface area contributed by atoms with Crippen LogP contribution in [0.1, 0.15) is 33.5 Å². The number of benzene rings is 2. The molecule has 5 nitrogen and oxygen atoms in total. The normalized spacial score (nSPS) is 17.7. The molecule has 5 heteroatoms. The molecule has 2 aliphatic rings. The van der Waals surface area contributed by atoms with E-state index >= 15 is 0 Å². The van der Waals surface area contributed by atoms with E-state index in [2.05, 4.69) is 51.5 Å². The number of nitrogens with one attached hydrogen (secondary N) is 1. The summed E-state index contributed by atoms with van der Waals surface area (Å²) in [6.07, 6.45) is 2.08. The minimum atomic E-state index is 0.0189. The molecule has 0 saturated carbocycles. The summed E-state index contributed by atoms with van der Waals surface area (Å²) in [5.41, 5.74) is 4.91. The van der Waals surface area contributed by atoms with Gasteiger partial charge < -0.3 is 10.1 Å². The van der Waals surface area contributed by atoms with E-state index in [1.54, 1.807) is 0 Å². The first-order valence-corrected chi connectivity index (χ1v) is 10.7. The molecule has 0 spiro atoms. The zero-order chi connectivity index (χ0) is 19.9. The maximum Gasteiger partial charge on any atom is 0.251 e. The van der Waals surface area contributed by atoms with Gasteiger partial charge in [0.25, 0.3) is 5.91 Å². The van der Waals surface area contributed by atoms with Gasteiger partial charge in [-0.25, -0.2) is 0 Å². The highest BCUT2D eigenvalue weighted by molar-refractivity contribution is 5.94. The molecule has 0 radical (unpaired) electrons. The number of morpholine rings is 1. The fraction of sp³-hybridized carbons (Fsp3) is 0.458. The lowest BCUT2D eigenvalue weighted by Gasteiger charge is -2.28. The van der Waals surface area contributed by atoms with Gasteiger partial charge in [0, 0.05) is 44.8 Å². The molecule has 154 valence electrons. The number of hydrogen-bond donors (Lipinski definition) is 1. The standard InChI is InChI=1S/C24H31N3O2/c28-24(25-11-3-12-26-14-16-29-17-15-26)22-8-6-20(7-9-22)18-27-13-10-21-4-1-2-5-23(21)19-27/h1-2,4-9H,3,10-19H2,(H,25,28). The van der Waals surface area contributed by atoms with Crippen molar-refractivity contribution in [3.05, 3.63) is 70.8 Å². The molecule has 29 heavy (non-hydrogen) atoms. The second kappa shape index (κ2) is 10.0. The monoisotopic (exact) mass is 393 g/mol. The number of carbonyl (C=O) groups excluding carboxylic acids is 1. The number of carbonyl (C=O) groups is 1. The summed E-state index contributed by atoms with van der Waals surface area (Å²) in [7, 11) is 0. The highest BCUT2D eigenvalue weighted by Gasteiger charge is 2.16. The average Bonchev–Trinajstić information content (AvgIpc) is 2.78. The third kappa shape index (κ3) is 5.66. The van der Waals surface area contributed by atoms with Crippen LogP contribution < -0.4 is 5.32 Å². The number of rotatable bonds is 7. The van der Waals surface area contributed by atoms with Gasteiger partial charge in [-0.05, 0) is 48.2 Å². The zero-order valence-corrected chi connectivity index (χ0v) is 17.1. The molecule has 0 aromatic heterocycles. The largest absolute Gasteiger partial charge is 0.379 e. The van der Waals surface area contributed by atoms with Crippen molar-refractivity contribution >= 4 is 5.91 Å². The Morgan fingerprint density at radius 2 is 1.69 bits per heavy atom. The molecule has 1 amide bonds. The predicted molar refractivity (Wildman–Crippen MR) is 115 cm³/mol. The van der Waals surface area contributed by atoms with Gasteiger partial charge in [-0.1, -0.05) is 36.4 Å². The SMILES string of the molecule is O=C(NCCCN1CCOCC1)c1ccc(CN2CCc3ccccc3C2)cc1. The van der Waals surface area contributed by atoms with Crippen molar-refractivity contribution in [2.45, 2.75) is 25.9 Å². The van der Waals surface area contributed by atoms with Crippen molar-refractivity contribution in [2.75, 3.05) is 45.9 Å². The van der Waals surface area contributed by atoms with Gasteiger partial charge in [0.1, 0.15) is 0 Å². The van der Waals surface area contributed by atoms with Gasteiger partial charge in [0.15, 0.2) is 0 Å². The fourth-order valence-corrected chi connectivity index (χ4v) is 4.14. The summed E-state index contributed by atoms with van der Waals surface area (Å²) in [5, 5.41) is 3.04. The van der Waals surface area contributed by atoms with Crippen LogP contribution in [0.15, 0.2) is 48.5 Å². The zero-order valence-electron chi connectivity index (χ0n) is 17.1. The van der Waals surface area contributed by atoms with Crippen LogP contribution in [0.2, 0.25) is 0 Å². The maximum absolute atomic E-state index is 12.4. The summed E-state index contributed by atoms with van der Waals surface area (Å²) in [6, 6.07) is 16.8. The van der Waals surface area contributed by atoms with Gasteiger partial charge in [0.05, 0.1) is 13.2 Å². The second-order valence-electron chi connectivity index (χ2n) is 7.99. The minimum absolute atomic E-state index is 0.0189. The summed E-state index contributed by atoms with van der Waals surface area (Å²) in [6.45, 7) is 8.38. The van der Waals surface area contributed by atoms with E-state index in [-0.39, 0.29) is 5.91 Å². The molecule has 0 bridgehead atoms. The van der Waals surface area contributed by atoms with Crippen molar-refractivity contribution in [3.8, 4) is 0 Å². The van der Waals surface area contributed by atoms with E-state index in [9.17, 15) is 4.79 Å². The van der Waals surface area contributed by atoms with Crippen molar-refractivity contribution in [2.24, 2.45) is 0 Å². The Bertz CT molecular complexity index is 800. The number of amides is 1. The third-order valence-electron chi connectivity index (χ3n) is 5.87. The van der Waals surface area contributed by atoms with Gasteiger partial charge >= 0.3 is 0 Å². The Hall–Kier alpha value is -2.21. The lowest BCUT2D eigenvalue weighted by atomic mass is 9.99. The Morgan fingerprint density at radius 1 is 0.931 bits per heavy atom. The van der Waals surface area contributed by atoms with E-state index < -0.39 is 0 Å². The molecular formula is C24H31N3O2. The molecule has 1 fully saturated rings. The van der Waals surface area contributed by atoms with E-state index in [1.807, 2.05) is 12.1 Å². The van der Waals surface area contributed by atoms with E-state index in [0.717, 1.165) is 70.9 Å². The highest BCUT2D eigenvalue weighted by Crippen LogP contribution is 2.20. The molecule has 4 rings (SSSR count). The maximum atomic E-state index is 12.4. The summed E-state index contributed by atoms with van der Waals surface area (Å²) in [5.74, 6) is 0.0189. The van der Waals surface area contributed by atoms with Crippen LogP contribution in [0.25, 0.3) is 0 Å². The summed E-state index contributed by atoms with van der Waals surface area (Å²) in [4.78, 5) is 17.2. The second-order valence-corrected chi connectivity index (χ2v) is 7.99. The number of fused-ring (bicyclic) bond motifs is 1. The van der Waals surface area contributed by atoms with Gasteiger partial charge in [0.2, 0.25) is 0 Å². The number of hydrogen-bond acceptors (Lipinski definition) is 4. The molecular weight excluding hydrogens is 362 g/mol. The van der Waals surface area contributed by atoms with Gasteiger partial charge in [-0.2, -0.15) is 0 Å². The van der Waals surface area contributed by atoms with Crippen molar-refractivity contribution in [3.63, 3.8) is 0 Å². The topological polar surface area (TPSA) is 44.8 Å². The lowest BCUT2D eigenvalue weighted by molar-refractivity contribution is 0.0374. The molecule has 0 atom stereocenters. The molecule has 2 aromatic rings. The third-order valence-corrected chi connectivity index (χ3v) is 5.87. The molecule has 0 unspecified atom stereocenters. The lowest BCUT2D eigenvalue weighted by Crippen LogP contribution is -2.38. The van der Waals surface area contributed by atoms with Crippen LogP contribution >= 0.6 is 0 Å². The van der Waals surface area contributed by atoms with E-state index in [4.69, 9.17) is 4.74 Å². The van der Waals surface area contributed by atoms with Crippen molar-refractivity contribution in [1.29, 1.82) is 0 Å². The first-order chi connectivity index (χ1) is 14.3. The number of nitrogens with zero attached hydrogens (tertiary/aromatic N) is 2. The Labute approximate surface area is 173 Å². The van der Waals surface area contributed by atoms with E-state index in [1.165, 1.54) is 16.7 Å². The summed E-state index contributed by atoms with van der Waals surface area (Å²) < 4.78 is 5.36. The predicted octanol–water partition coefficient (Wildman–Crippen LogP) is 2.70. The molecule has 1 N–H and O–H groups in total. The Kier molecular flexibility index (Phi) is 6.93. The van der Waals surface area contributed by atoms with Crippen LogP contribution in [0, 0.1) is 0 Å². The van der Waals surface area contributed by atoms with E-state index in [0.29, 0.717) is 6.54 Å². The van der Waals surface area contributed by atoms with Crippen LogP contribution in [-0.2, 0) is 24.2 Å². The first-order valence-electron chi connectivity index (χ1n) is 10.7. The Balaban J connectivity index is 1.21. The molecule has 2 heterocycles. The van der Waals surface area contributed by atoms with Gasteiger partial charge in [-0.15, -0.1) is 0 Å². The van der Waals surface area contributed by atoms with Crippen molar-refractivity contribution in [1.82, 2.24) is 15.1 Å². The quantitative estimate of drug-likeness (QED) is 0.735. The molecule has 2 aromatic carbocycles. The van der Waals surface area contributed by atoms with Crippen LogP contribution in [0.5, 0.6) is 0 Å². The van der Waals surface area contributed by atoms with Crippen LogP contribution in [0.4, 0.5) is 0 Å². The average molecular weight is 394 g/mol. The fourth-order valence-electron chi connectivity index (χ4n) is 4.14. The molecule has 1 saturated heterocycles. The smallest absolute Gasteiger partial charge is 0.251 e. The van der Waals surface area contributed by atoms with Gasteiger partial charge in [-0.3, -0.25) is 14.6 Å². The van der Waals surface area contributed by atoms with Crippen LogP contribution in [-0.4, -0.2) is 61.6 Å². The highest BCUT2D eigenvalue weighted by atomic mass is 16.5. The van der Waals surface area contributed by atoms with Crippen LogP contribution in [0.3, 0.4) is 0 Å². The molecule has 2 aliphatic heterocycles.